The molecule has 0 unspecified atom stereocenters. The molecule has 1 aromatic rings. The van der Waals surface area contributed by atoms with Crippen molar-refractivity contribution in [1.29, 1.82) is 0 Å². The van der Waals surface area contributed by atoms with Crippen LogP contribution in [0.4, 0.5) is 4.39 Å². The molecule has 1 aromatic carbocycles. The zero-order chi connectivity index (χ0) is 16.1. The van der Waals surface area contributed by atoms with E-state index < -0.39 is 0 Å². The highest BCUT2D eigenvalue weighted by Gasteiger charge is 2.23. The van der Waals surface area contributed by atoms with E-state index in [1.54, 1.807) is 6.07 Å². The Kier molecular flexibility index (Phi) is 6.16. The van der Waals surface area contributed by atoms with Crippen LogP contribution in [0.1, 0.15) is 43.7 Å². The van der Waals surface area contributed by atoms with Gasteiger partial charge in [-0.1, -0.05) is 38.1 Å². The number of halogens is 1. The fourth-order valence-electron chi connectivity index (χ4n) is 2.94. The molecule has 2 nitrogen and oxygen atoms in total. The SMILES string of the molecule is C=C(C(C)C)[C@H](CNC1CCOCC1)c1ccc(C)cc1F. The number of benzene rings is 1. The molecule has 0 aromatic heterocycles. The number of hydrogen-bond donors (Lipinski definition) is 1. The first-order chi connectivity index (χ1) is 10.5. The smallest absolute Gasteiger partial charge is 0.127 e. The molecule has 3 heteroatoms. The summed E-state index contributed by atoms with van der Waals surface area (Å²) in [5.41, 5.74) is 2.79. The molecule has 1 atom stereocenters. The van der Waals surface area contributed by atoms with Gasteiger partial charge in [0.2, 0.25) is 0 Å². The number of rotatable bonds is 6. The van der Waals surface area contributed by atoms with E-state index in [1.165, 1.54) is 0 Å². The van der Waals surface area contributed by atoms with E-state index in [2.05, 4.69) is 25.7 Å². The molecular formula is C19H28FNO. The largest absolute Gasteiger partial charge is 0.381 e. The van der Waals surface area contributed by atoms with Crippen LogP contribution in [0.2, 0.25) is 0 Å². The molecule has 22 heavy (non-hydrogen) atoms. The third-order valence-corrected chi connectivity index (χ3v) is 4.55. The molecule has 2 rings (SSSR count). The molecular weight excluding hydrogens is 277 g/mol. The Morgan fingerprint density at radius 1 is 1.36 bits per heavy atom. The quantitative estimate of drug-likeness (QED) is 0.795. The molecule has 0 radical (unpaired) electrons. The molecule has 0 bridgehead atoms. The average Bonchev–Trinajstić information content (AvgIpc) is 2.49. The molecule has 122 valence electrons. The van der Waals surface area contributed by atoms with E-state index >= 15 is 0 Å². The van der Waals surface area contributed by atoms with E-state index in [0.717, 1.165) is 49.3 Å². The van der Waals surface area contributed by atoms with Gasteiger partial charge in [-0.3, -0.25) is 0 Å². The van der Waals surface area contributed by atoms with Crippen LogP contribution >= 0.6 is 0 Å². The van der Waals surface area contributed by atoms with Crippen molar-refractivity contribution in [3.8, 4) is 0 Å². The molecule has 1 heterocycles. The summed E-state index contributed by atoms with van der Waals surface area (Å²) >= 11 is 0. The molecule has 0 spiro atoms. The van der Waals surface area contributed by atoms with E-state index in [1.807, 2.05) is 19.1 Å². The van der Waals surface area contributed by atoms with Gasteiger partial charge in [-0.15, -0.1) is 0 Å². The van der Waals surface area contributed by atoms with Crippen LogP contribution in [0.15, 0.2) is 30.4 Å². The van der Waals surface area contributed by atoms with Gasteiger partial charge in [-0.2, -0.15) is 0 Å². The molecule has 0 amide bonds. The first-order valence-electron chi connectivity index (χ1n) is 8.25. The highest BCUT2D eigenvalue weighted by Crippen LogP contribution is 2.30. The van der Waals surface area contributed by atoms with Gasteiger partial charge < -0.3 is 10.1 Å². The van der Waals surface area contributed by atoms with Gasteiger partial charge in [0.1, 0.15) is 5.82 Å². The van der Waals surface area contributed by atoms with Crippen molar-refractivity contribution in [3.05, 3.63) is 47.3 Å². The minimum atomic E-state index is -0.124. The Balaban J connectivity index is 2.13. The van der Waals surface area contributed by atoms with Gasteiger partial charge >= 0.3 is 0 Å². The van der Waals surface area contributed by atoms with Gasteiger partial charge in [0, 0.05) is 31.7 Å². The zero-order valence-corrected chi connectivity index (χ0v) is 14.0. The average molecular weight is 305 g/mol. The van der Waals surface area contributed by atoms with Crippen LogP contribution < -0.4 is 5.32 Å². The lowest BCUT2D eigenvalue weighted by molar-refractivity contribution is 0.0778. The van der Waals surface area contributed by atoms with Crippen molar-refractivity contribution in [3.63, 3.8) is 0 Å². The third kappa shape index (κ3) is 4.40. The number of ether oxygens (including phenoxy) is 1. The summed E-state index contributed by atoms with van der Waals surface area (Å²) in [6, 6.07) is 5.97. The highest BCUT2D eigenvalue weighted by molar-refractivity contribution is 5.33. The van der Waals surface area contributed by atoms with Crippen LogP contribution in [-0.4, -0.2) is 25.8 Å². The van der Waals surface area contributed by atoms with Crippen molar-refractivity contribution < 1.29 is 9.13 Å². The first-order valence-corrected chi connectivity index (χ1v) is 8.25. The van der Waals surface area contributed by atoms with Gasteiger partial charge in [-0.05, 0) is 42.9 Å². The molecule has 0 aliphatic carbocycles. The molecule has 1 aliphatic heterocycles. The topological polar surface area (TPSA) is 21.3 Å². The number of nitrogens with one attached hydrogen (secondary N) is 1. The summed E-state index contributed by atoms with van der Waals surface area (Å²) in [5.74, 6) is 0.228. The second-order valence-corrected chi connectivity index (χ2v) is 6.60. The molecule has 1 saturated heterocycles. The van der Waals surface area contributed by atoms with E-state index in [9.17, 15) is 4.39 Å². The fourth-order valence-corrected chi connectivity index (χ4v) is 2.94. The van der Waals surface area contributed by atoms with Gasteiger partial charge in [0.15, 0.2) is 0 Å². The fraction of sp³-hybridized carbons (Fsp3) is 0.579. The van der Waals surface area contributed by atoms with Gasteiger partial charge in [0.25, 0.3) is 0 Å². The Labute approximate surface area is 133 Å². The second kappa shape index (κ2) is 7.89. The summed E-state index contributed by atoms with van der Waals surface area (Å²) in [7, 11) is 0. The summed E-state index contributed by atoms with van der Waals surface area (Å²) in [6.07, 6.45) is 2.05. The van der Waals surface area contributed by atoms with E-state index in [-0.39, 0.29) is 11.7 Å². The Morgan fingerprint density at radius 3 is 2.64 bits per heavy atom. The highest BCUT2D eigenvalue weighted by atomic mass is 19.1. The molecule has 1 N–H and O–H groups in total. The monoisotopic (exact) mass is 305 g/mol. The Bertz CT molecular complexity index is 506. The van der Waals surface area contributed by atoms with Crippen molar-refractivity contribution >= 4 is 0 Å². The van der Waals surface area contributed by atoms with Crippen molar-refractivity contribution in [2.24, 2.45) is 5.92 Å². The summed E-state index contributed by atoms with van der Waals surface area (Å²) < 4.78 is 19.8. The maximum absolute atomic E-state index is 14.4. The maximum atomic E-state index is 14.4. The van der Waals surface area contributed by atoms with Crippen LogP contribution in [-0.2, 0) is 4.74 Å². The Morgan fingerprint density at radius 2 is 2.05 bits per heavy atom. The minimum absolute atomic E-state index is 0.0171. The summed E-state index contributed by atoms with van der Waals surface area (Å²) in [5, 5.41) is 3.59. The predicted molar refractivity (Wildman–Crippen MR) is 89.7 cm³/mol. The standard InChI is InChI=1S/C19H28FNO/c1-13(2)15(4)18(12-21-16-7-9-22-10-8-16)17-6-5-14(3)11-19(17)20/h5-6,11,13,16,18,21H,4,7-10,12H2,1-3H3/t18-/m0/s1. The van der Waals surface area contributed by atoms with Crippen molar-refractivity contribution in [1.82, 2.24) is 5.32 Å². The lowest BCUT2D eigenvalue weighted by atomic mass is 9.85. The van der Waals surface area contributed by atoms with Crippen molar-refractivity contribution in [2.45, 2.75) is 45.6 Å². The van der Waals surface area contributed by atoms with E-state index in [0.29, 0.717) is 12.0 Å². The van der Waals surface area contributed by atoms with Crippen molar-refractivity contribution in [2.75, 3.05) is 19.8 Å². The third-order valence-electron chi connectivity index (χ3n) is 4.55. The number of aryl methyl sites for hydroxylation is 1. The summed E-state index contributed by atoms with van der Waals surface area (Å²) in [6.45, 7) is 12.7. The predicted octanol–water partition coefficient (Wildman–Crippen LogP) is 4.20. The van der Waals surface area contributed by atoms with Crippen LogP contribution in [0, 0.1) is 18.7 Å². The lowest BCUT2D eigenvalue weighted by Crippen LogP contribution is -2.38. The van der Waals surface area contributed by atoms with Gasteiger partial charge in [0.05, 0.1) is 0 Å². The lowest BCUT2D eigenvalue weighted by Gasteiger charge is -2.28. The molecule has 0 saturated carbocycles. The molecule has 1 aliphatic rings. The molecule has 1 fully saturated rings. The number of hydrogen-bond acceptors (Lipinski definition) is 2. The van der Waals surface area contributed by atoms with Crippen LogP contribution in [0.25, 0.3) is 0 Å². The van der Waals surface area contributed by atoms with E-state index in [4.69, 9.17) is 4.74 Å². The zero-order valence-electron chi connectivity index (χ0n) is 14.0. The van der Waals surface area contributed by atoms with Gasteiger partial charge in [-0.25, -0.2) is 4.39 Å². The van der Waals surface area contributed by atoms with Crippen LogP contribution in [0.5, 0.6) is 0 Å². The Hall–Kier alpha value is -1.19. The second-order valence-electron chi connectivity index (χ2n) is 6.60. The maximum Gasteiger partial charge on any atom is 0.127 e. The first kappa shape index (κ1) is 17.2. The minimum Gasteiger partial charge on any atom is -0.381 e. The summed E-state index contributed by atoms with van der Waals surface area (Å²) in [4.78, 5) is 0. The normalized spacial score (nSPS) is 17.7. The van der Waals surface area contributed by atoms with Crippen LogP contribution in [0.3, 0.4) is 0 Å².